The van der Waals surface area contributed by atoms with Gasteiger partial charge in [0.1, 0.15) is 16.4 Å². The van der Waals surface area contributed by atoms with Gasteiger partial charge in [0.15, 0.2) is 0 Å². The molecule has 1 aliphatic rings. The SMILES string of the molecule is CC1(OCC(=O)O)CN(CCCS(C)(=O)=O)C1. The molecule has 17 heavy (non-hydrogen) atoms. The van der Waals surface area contributed by atoms with E-state index in [0.717, 1.165) is 0 Å². The molecule has 0 bridgehead atoms. The van der Waals surface area contributed by atoms with Crippen LogP contribution in [-0.2, 0) is 19.4 Å². The summed E-state index contributed by atoms with van der Waals surface area (Å²) in [6.07, 6.45) is 1.83. The van der Waals surface area contributed by atoms with Crippen molar-refractivity contribution in [1.29, 1.82) is 0 Å². The molecule has 0 amide bonds. The summed E-state index contributed by atoms with van der Waals surface area (Å²) in [6.45, 7) is 3.60. The van der Waals surface area contributed by atoms with Crippen molar-refractivity contribution in [3.8, 4) is 0 Å². The second-order valence-corrected chi connectivity index (χ2v) is 7.09. The maximum Gasteiger partial charge on any atom is 0.329 e. The van der Waals surface area contributed by atoms with Crippen molar-refractivity contribution >= 4 is 15.8 Å². The average Bonchev–Trinajstić information content (AvgIpc) is 2.10. The molecule has 0 saturated carbocycles. The highest BCUT2D eigenvalue weighted by atomic mass is 32.2. The molecular weight excluding hydrogens is 246 g/mol. The lowest BCUT2D eigenvalue weighted by atomic mass is 9.96. The number of carboxylic acid groups (broad SMARTS) is 1. The van der Waals surface area contributed by atoms with Crippen molar-refractivity contribution in [2.75, 3.05) is 38.2 Å². The van der Waals surface area contributed by atoms with E-state index in [2.05, 4.69) is 4.90 Å². The van der Waals surface area contributed by atoms with Crippen molar-refractivity contribution in [3.05, 3.63) is 0 Å². The first kappa shape index (κ1) is 14.4. The number of ether oxygens (including phenoxy) is 1. The smallest absolute Gasteiger partial charge is 0.329 e. The molecule has 1 fully saturated rings. The van der Waals surface area contributed by atoms with Crippen LogP contribution in [0.1, 0.15) is 13.3 Å². The van der Waals surface area contributed by atoms with Gasteiger partial charge in [-0.15, -0.1) is 0 Å². The van der Waals surface area contributed by atoms with Gasteiger partial charge in [0, 0.05) is 19.3 Å². The molecule has 7 heteroatoms. The van der Waals surface area contributed by atoms with Gasteiger partial charge in [-0.1, -0.05) is 0 Å². The van der Waals surface area contributed by atoms with Crippen LogP contribution in [0, 0.1) is 0 Å². The lowest BCUT2D eigenvalue weighted by Crippen LogP contribution is -2.61. The fourth-order valence-corrected chi connectivity index (χ4v) is 2.59. The first-order valence-corrected chi connectivity index (χ1v) is 7.52. The van der Waals surface area contributed by atoms with E-state index < -0.39 is 21.4 Å². The predicted molar refractivity (Wildman–Crippen MR) is 62.8 cm³/mol. The molecule has 1 heterocycles. The normalized spacial score (nSPS) is 19.9. The summed E-state index contributed by atoms with van der Waals surface area (Å²) in [4.78, 5) is 12.4. The molecule has 0 aliphatic carbocycles. The second-order valence-electron chi connectivity index (χ2n) is 4.83. The topological polar surface area (TPSA) is 83.9 Å². The number of aliphatic carboxylic acids is 1. The summed E-state index contributed by atoms with van der Waals surface area (Å²) in [5.41, 5.74) is -0.399. The molecular formula is C10H19NO5S. The number of hydrogen-bond donors (Lipinski definition) is 1. The maximum atomic E-state index is 10.9. The Morgan fingerprint density at radius 1 is 1.47 bits per heavy atom. The molecule has 6 nitrogen and oxygen atoms in total. The molecule has 100 valence electrons. The summed E-state index contributed by atoms with van der Waals surface area (Å²) < 4.78 is 27.1. The van der Waals surface area contributed by atoms with Gasteiger partial charge in [-0.25, -0.2) is 13.2 Å². The van der Waals surface area contributed by atoms with Crippen molar-refractivity contribution in [2.45, 2.75) is 18.9 Å². The van der Waals surface area contributed by atoms with Gasteiger partial charge < -0.3 is 9.84 Å². The molecule has 1 saturated heterocycles. The minimum absolute atomic E-state index is 0.191. The third-order valence-corrected chi connectivity index (χ3v) is 3.68. The summed E-state index contributed by atoms with van der Waals surface area (Å²) in [5, 5.41) is 8.49. The van der Waals surface area contributed by atoms with Crippen LogP contribution in [0.3, 0.4) is 0 Å². The lowest BCUT2D eigenvalue weighted by Gasteiger charge is -2.47. The number of carbonyl (C=O) groups is 1. The summed E-state index contributed by atoms with van der Waals surface area (Å²) in [7, 11) is -2.89. The molecule has 1 rings (SSSR count). The van der Waals surface area contributed by atoms with Gasteiger partial charge in [0.05, 0.1) is 11.4 Å². The minimum Gasteiger partial charge on any atom is -0.480 e. The largest absolute Gasteiger partial charge is 0.480 e. The molecule has 0 radical (unpaired) electrons. The van der Waals surface area contributed by atoms with E-state index in [0.29, 0.717) is 26.1 Å². The highest BCUT2D eigenvalue weighted by Gasteiger charge is 2.39. The van der Waals surface area contributed by atoms with Crippen LogP contribution in [0.2, 0.25) is 0 Å². The van der Waals surface area contributed by atoms with Gasteiger partial charge in [0.25, 0.3) is 0 Å². The minimum atomic E-state index is -2.89. The van der Waals surface area contributed by atoms with Crippen LogP contribution >= 0.6 is 0 Å². The molecule has 0 aromatic rings. The first-order chi connectivity index (χ1) is 7.70. The summed E-state index contributed by atoms with van der Waals surface area (Å²) >= 11 is 0. The maximum absolute atomic E-state index is 10.9. The molecule has 1 N–H and O–H groups in total. The van der Waals surface area contributed by atoms with Crippen LogP contribution in [0.25, 0.3) is 0 Å². The zero-order valence-electron chi connectivity index (χ0n) is 10.2. The third-order valence-electron chi connectivity index (χ3n) is 2.65. The van der Waals surface area contributed by atoms with E-state index in [4.69, 9.17) is 9.84 Å². The van der Waals surface area contributed by atoms with E-state index in [9.17, 15) is 13.2 Å². The van der Waals surface area contributed by atoms with Crippen molar-refractivity contribution in [2.24, 2.45) is 0 Å². The Balaban J connectivity index is 2.16. The van der Waals surface area contributed by atoms with Crippen molar-refractivity contribution < 1.29 is 23.1 Å². The van der Waals surface area contributed by atoms with Crippen LogP contribution < -0.4 is 0 Å². The van der Waals surface area contributed by atoms with Crippen LogP contribution in [0.4, 0.5) is 0 Å². The quantitative estimate of drug-likeness (QED) is 0.674. The Morgan fingerprint density at radius 2 is 2.06 bits per heavy atom. The Hall–Kier alpha value is -0.660. The molecule has 0 aromatic heterocycles. The number of sulfone groups is 1. The second kappa shape index (κ2) is 5.32. The van der Waals surface area contributed by atoms with Crippen molar-refractivity contribution in [3.63, 3.8) is 0 Å². The Bertz CT molecular complexity index is 372. The van der Waals surface area contributed by atoms with Crippen molar-refractivity contribution in [1.82, 2.24) is 4.90 Å². The first-order valence-electron chi connectivity index (χ1n) is 5.46. The molecule has 0 atom stereocenters. The lowest BCUT2D eigenvalue weighted by molar-refractivity contribution is -0.164. The Morgan fingerprint density at radius 3 is 2.53 bits per heavy atom. The van der Waals surface area contributed by atoms with Gasteiger partial charge >= 0.3 is 5.97 Å². The fraction of sp³-hybridized carbons (Fsp3) is 0.900. The number of hydrogen-bond acceptors (Lipinski definition) is 5. The molecule has 0 aromatic carbocycles. The van der Waals surface area contributed by atoms with Gasteiger partial charge in [0.2, 0.25) is 0 Å². The van der Waals surface area contributed by atoms with E-state index in [1.165, 1.54) is 6.26 Å². The monoisotopic (exact) mass is 265 g/mol. The highest BCUT2D eigenvalue weighted by Crippen LogP contribution is 2.24. The van der Waals surface area contributed by atoms with Gasteiger partial charge in [-0.3, -0.25) is 4.90 Å². The fourth-order valence-electron chi connectivity index (χ4n) is 1.94. The van der Waals surface area contributed by atoms with E-state index in [1.54, 1.807) is 0 Å². The summed E-state index contributed by atoms with van der Waals surface area (Å²) in [6, 6.07) is 0. The number of nitrogens with zero attached hydrogens (tertiary/aromatic N) is 1. The number of rotatable bonds is 7. The summed E-state index contributed by atoms with van der Waals surface area (Å²) in [5.74, 6) is -0.780. The van der Waals surface area contributed by atoms with Crippen LogP contribution in [-0.4, -0.2) is 68.2 Å². The van der Waals surface area contributed by atoms with Crippen LogP contribution in [0.5, 0.6) is 0 Å². The zero-order valence-corrected chi connectivity index (χ0v) is 11.0. The van der Waals surface area contributed by atoms with E-state index in [1.807, 2.05) is 6.92 Å². The van der Waals surface area contributed by atoms with E-state index >= 15 is 0 Å². The molecule has 0 unspecified atom stereocenters. The predicted octanol–water partition coefficient (Wildman–Crippen LogP) is -0.403. The molecule has 0 spiro atoms. The van der Waals surface area contributed by atoms with Gasteiger partial charge in [-0.05, 0) is 19.9 Å². The van der Waals surface area contributed by atoms with Gasteiger partial charge in [-0.2, -0.15) is 0 Å². The number of likely N-dealkylation sites (tertiary alicyclic amines) is 1. The Labute approximate surface area is 101 Å². The standard InChI is InChI=1S/C10H19NO5S/c1-10(16-6-9(12)13)7-11(8-10)4-3-5-17(2,14)15/h3-8H2,1-2H3,(H,12,13). The number of carboxylic acids is 1. The Kier molecular flexibility index (Phi) is 4.51. The third kappa shape index (κ3) is 5.47. The average molecular weight is 265 g/mol. The molecule has 1 aliphatic heterocycles. The zero-order chi connectivity index (χ0) is 13.1. The van der Waals surface area contributed by atoms with E-state index in [-0.39, 0.29) is 12.4 Å². The highest BCUT2D eigenvalue weighted by molar-refractivity contribution is 7.90. The van der Waals surface area contributed by atoms with Crippen LogP contribution in [0.15, 0.2) is 0 Å².